The molecule has 33 heavy (non-hydrogen) atoms. The molecule has 3 heterocycles. The normalized spacial score (nSPS) is 20.1. The predicted molar refractivity (Wildman–Crippen MR) is 128 cm³/mol. The Bertz CT molecular complexity index is 1270. The maximum Gasteiger partial charge on any atom is 0.254 e. The van der Waals surface area contributed by atoms with E-state index in [1.807, 2.05) is 29.5 Å². The monoisotopic (exact) mass is 484 g/mol. The lowest BCUT2D eigenvalue weighted by molar-refractivity contribution is -0.128. The van der Waals surface area contributed by atoms with Gasteiger partial charge in [-0.3, -0.25) is 4.79 Å². The van der Waals surface area contributed by atoms with Gasteiger partial charge in [-0.2, -0.15) is 5.10 Å². The van der Waals surface area contributed by atoms with E-state index in [1.54, 1.807) is 30.5 Å². The van der Waals surface area contributed by atoms with Gasteiger partial charge in [0.15, 0.2) is 0 Å². The Hall–Kier alpha value is -2.83. The fourth-order valence-electron chi connectivity index (χ4n) is 4.84. The first-order chi connectivity index (χ1) is 15.8. The van der Waals surface area contributed by atoms with Gasteiger partial charge in [-0.15, -0.1) is 0 Å². The molecule has 2 aromatic carbocycles. The van der Waals surface area contributed by atoms with E-state index in [9.17, 15) is 9.18 Å². The summed E-state index contributed by atoms with van der Waals surface area (Å²) in [5, 5.41) is 8.83. The lowest BCUT2D eigenvalue weighted by atomic mass is 9.93. The Morgan fingerprint density at radius 3 is 2.55 bits per heavy atom. The van der Waals surface area contributed by atoms with Crippen molar-refractivity contribution in [2.45, 2.75) is 38.8 Å². The molecule has 1 saturated heterocycles. The van der Waals surface area contributed by atoms with Crippen molar-refractivity contribution in [2.75, 3.05) is 11.9 Å². The summed E-state index contributed by atoms with van der Waals surface area (Å²) in [5.74, 6) is 0.490. The van der Waals surface area contributed by atoms with Gasteiger partial charge in [0.2, 0.25) is 0 Å². The number of aryl methyl sites for hydroxylation is 1. The maximum absolute atomic E-state index is 14.1. The number of benzene rings is 2. The molecule has 0 spiro atoms. The van der Waals surface area contributed by atoms with Gasteiger partial charge < -0.3 is 10.2 Å². The number of hydrogen-bond acceptors (Lipinski definition) is 3. The van der Waals surface area contributed by atoms with Gasteiger partial charge in [0.1, 0.15) is 17.7 Å². The third-order valence-electron chi connectivity index (χ3n) is 6.46. The SMILES string of the molecule is CC1=C(C(=O)N2CCC[C@H]2c2ccc(F)cc2)[C@@H](c2ccc(Cl)c(Cl)c2)n2ncc(C)c2N1. The Kier molecular flexibility index (Phi) is 5.67. The summed E-state index contributed by atoms with van der Waals surface area (Å²) < 4.78 is 15.3. The molecule has 2 aliphatic heterocycles. The van der Waals surface area contributed by atoms with Crippen LogP contribution in [0.3, 0.4) is 0 Å². The molecule has 2 atom stereocenters. The van der Waals surface area contributed by atoms with Gasteiger partial charge in [-0.1, -0.05) is 41.4 Å². The third kappa shape index (κ3) is 3.81. The molecule has 2 aliphatic rings. The molecule has 1 N–H and O–H groups in total. The average Bonchev–Trinajstić information content (AvgIpc) is 3.42. The number of nitrogens with one attached hydrogen (secondary N) is 1. The highest BCUT2D eigenvalue weighted by molar-refractivity contribution is 6.42. The zero-order chi connectivity index (χ0) is 23.3. The van der Waals surface area contributed by atoms with E-state index in [0.29, 0.717) is 22.2 Å². The van der Waals surface area contributed by atoms with Gasteiger partial charge in [0.05, 0.1) is 27.9 Å². The summed E-state index contributed by atoms with van der Waals surface area (Å²) in [6.45, 7) is 4.52. The number of allylic oxidation sites excluding steroid dienone is 1. The highest BCUT2D eigenvalue weighted by Crippen LogP contribution is 2.42. The van der Waals surface area contributed by atoms with Crippen molar-refractivity contribution >= 4 is 34.9 Å². The first-order valence-corrected chi connectivity index (χ1v) is 11.6. The van der Waals surface area contributed by atoms with Crippen LogP contribution in [-0.4, -0.2) is 27.1 Å². The van der Waals surface area contributed by atoms with Crippen LogP contribution in [0.25, 0.3) is 0 Å². The minimum Gasteiger partial charge on any atom is -0.343 e. The molecule has 1 amide bonds. The molecule has 0 unspecified atom stereocenters. The van der Waals surface area contributed by atoms with Crippen molar-refractivity contribution in [3.05, 3.63) is 92.5 Å². The van der Waals surface area contributed by atoms with Crippen molar-refractivity contribution in [3.63, 3.8) is 0 Å². The van der Waals surface area contributed by atoms with Crippen molar-refractivity contribution in [2.24, 2.45) is 0 Å². The summed E-state index contributed by atoms with van der Waals surface area (Å²) in [7, 11) is 0. The number of rotatable bonds is 3. The number of nitrogens with zero attached hydrogens (tertiary/aromatic N) is 3. The third-order valence-corrected chi connectivity index (χ3v) is 7.20. The minimum absolute atomic E-state index is 0.0679. The van der Waals surface area contributed by atoms with Gasteiger partial charge in [-0.25, -0.2) is 9.07 Å². The number of anilines is 1. The molecule has 8 heteroatoms. The summed E-state index contributed by atoms with van der Waals surface area (Å²) in [5.41, 5.74) is 4.13. The highest BCUT2D eigenvalue weighted by Gasteiger charge is 2.39. The Labute approximate surface area is 201 Å². The van der Waals surface area contributed by atoms with Gasteiger partial charge in [0.25, 0.3) is 5.91 Å². The van der Waals surface area contributed by atoms with Crippen LogP contribution < -0.4 is 5.32 Å². The summed E-state index contributed by atoms with van der Waals surface area (Å²) >= 11 is 12.5. The molecule has 3 aromatic rings. The number of carbonyl (C=O) groups excluding carboxylic acids is 1. The molecule has 0 radical (unpaired) electrons. The van der Waals surface area contributed by atoms with E-state index >= 15 is 0 Å². The average molecular weight is 485 g/mol. The van der Waals surface area contributed by atoms with E-state index in [4.69, 9.17) is 23.2 Å². The molecular weight excluding hydrogens is 462 g/mol. The summed E-state index contributed by atoms with van der Waals surface area (Å²) in [6, 6.07) is 11.3. The van der Waals surface area contributed by atoms with E-state index in [0.717, 1.165) is 41.0 Å². The number of amides is 1. The Balaban J connectivity index is 1.59. The highest BCUT2D eigenvalue weighted by atomic mass is 35.5. The van der Waals surface area contributed by atoms with Crippen molar-refractivity contribution in [1.82, 2.24) is 14.7 Å². The van der Waals surface area contributed by atoms with Crippen LogP contribution in [0.4, 0.5) is 10.2 Å². The fourth-order valence-corrected chi connectivity index (χ4v) is 5.14. The van der Waals surface area contributed by atoms with Crippen LogP contribution in [0.1, 0.15) is 48.5 Å². The number of carbonyl (C=O) groups is 1. The molecule has 0 saturated carbocycles. The molecular formula is C25H23Cl2FN4O. The summed E-state index contributed by atoms with van der Waals surface area (Å²) in [4.78, 5) is 16.0. The van der Waals surface area contributed by atoms with E-state index in [-0.39, 0.29) is 17.8 Å². The standard InChI is InChI=1S/C25H23Cl2FN4O/c1-14-13-29-32-23(17-7-10-19(26)20(27)12-17)22(15(2)30-24(14)32)25(33)31-11-3-4-21(31)16-5-8-18(28)9-6-16/h5-10,12-13,21,23,30H,3-4,11H2,1-2H3/t21-,23+/m0/s1. The zero-order valence-electron chi connectivity index (χ0n) is 18.3. The van der Waals surface area contributed by atoms with Gasteiger partial charge >= 0.3 is 0 Å². The number of halogens is 3. The molecule has 1 aromatic heterocycles. The van der Waals surface area contributed by atoms with Crippen LogP contribution in [0.5, 0.6) is 0 Å². The smallest absolute Gasteiger partial charge is 0.254 e. The Morgan fingerprint density at radius 1 is 1.09 bits per heavy atom. The van der Waals surface area contributed by atoms with Gasteiger partial charge in [0, 0.05) is 17.8 Å². The molecule has 170 valence electrons. The lowest BCUT2D eigenvalue weighted by Crippen LogP contribution is -2.38. The van der Waals surface area contributed by atoms with E-state index in [1.165, 1.54) is 12.1 Å². The maximum atomic E-state index is 14.1. The molecule has 5 rings (SSSR count). The van der Waals surface area contributed by atoms with Crippen LogP contribution in [-0.2, 0) is 4.79 Å². The molecule has 1 fully saturated rings. The van der Waals surface area contributed by atoms with Crippen LogP contribution in [0, 0.1) is 12.7 Å². The second-order valence-electron chi connectivity index (χ2n) is 8.57. The first-order valence-electron chi connectivity index (χ1n) is 10.9. The molecule has 5 nitrogen and oxygen atoms in total. The largest absolute Gasteiger partial charge is 0.343 e. The molecule has 0 aliphatic carbocycles. The minimum atomic E-state index is -0.452. The number of aromatic nitrogens is 2. The molecule has 0 bridgehead atoms. The van der Waals surface area contributed by atoms with E-state index in [2.05, 4.69) is 10.4 Å². The number of hydrogen-bond donors (Lipinski definition) is 1. The second-order valence-corrected chi connectivity index (χ2v) is 9.38. The van der Waals surface area contributed by atoms with Crippen molar-refractivity contribution < 1.29 is 9.18 Å². The van der Waals surface area contributed by atoms with Gasteiger partial charge in [-0.05, 0) is 62.1 Å². The van der Waals surface area contributed by atoms with E-state index < -0.39 is 6.04 Å². The number of fused-ring (bicyclic) bond motifs is 1. The van der Waals surface area contributed by atoms with Crippen molar-refractivity contribution in [3.8, 4) is 0 Å². The second kappa shape index (κ2) is 8.50. The zero-order valence-corrected chi connectivity index (χ0v) is 19.8. The first kappa shape index (κ1) is 22.0. The predicted octanol–water partition coefficient (Wildman–Crippen LogP) is 6.29. The number of likely N-dealkylation sites (tertiary alicyclic amines) is 1. The van der Waals surface area contributed by atoms with Crippen LogP contribution >= 0.6 is 23.2 Å². The quantitative estimate of drug-likeness (QED) is 0.475. The fraction of sp³-hybridized carbons (Fsp3) is 0.280. The van der Waals surface area contributed by atoms with Crippen molar-refractivity contribution in [1.29, 1.82) is 0 Å². The lowest BCUT2D eigenvalue weighted by Gasteiger charge is -2.34. The Morgan fingerprint density at radius 2 is 1.82 bits per heavy atom. The van der Waals surface area contributed by atoms with Crippen LogP contribution in [0.15, 0.2) is 59.9 Å². The van der Waals surface area contributed by atoms with Crippen LogP contribution in [0.2, 0.25) is 10.0 Å². The summed E-state index contributed by atoms with van der Waals surface area (Å²) in [6.07, 6.45) is 3.50. The topological polar surface area (TPSA) is 50.2 Å².